The number of aliphatic carboxylic acids is 1. The maximum absolute atomic E-state index is 12.5. The SMILES string of the molecule is CC(=O)OCC1=C(C(=O)O)N2C(=O)[C@@H](NC(=O)C(N)c3ccccc3)[C@H]2SC1.O.O. The van der Waals surface area contributed by atoms with Crippen molar-refractivity contribution in [3.05, 3.63) is 47.2 Å². The Morgan fingerprint density at radius 3 is 2.50 bits per heavy atom. The molecule has 3 atom stereocenters. The molecule has 0 aromatic heterocycles. The number of carboxylic acid groups (broad SMARTS) is 1. The van der Waals surface area contributed by atoms with E-state index in [9.17, 15) is 24.3 Å². The highest BCUT2D eigenvalue weighted by molar-refractivity contribution is 8.00. The molecular weight excluding hydrogens is 418 g/mol. The number of nitrogens with two attached hydrogens (primary N) is 1. The van der Waals surface area contributed by atoms with E-state index in [1.54, 1.807) is 30.3 Å². The molecule has 0 aliphatic carbocycles. The first-order chi connectivity index (χ1) is 13.3. The summed E-state index contributed by atoms with van der Waals surface area (Å²) in [6, 6.07) is 6.92. The minimum Gasteiger partial charge on any atom is -0.477 e. The number of amides is 2. The summed E-state index contributed by atoms with van der Waals surface area (Å²) >= 11 is 1.29. The van der Waals surface area contributed by atoms with Crippen molar-refractivity contribution in [2.24, 2.45) is 5.73 Å². The number of carbonyl (C=O) groups is 4. The van der Waals surface area contributed by atoms with Crippen molar-refractivity contribution in [2.75, 3.05) is 12.4 Å². The number of benzene rings is 1. The van der Waals surface area contributed by atoms with Crippen molar-refractivity contribution in [1.29, 1.82) is 0 Å². The average Bonchev–Trinajstić information content (AvgIpc) is 2.69. The van der Waals surface area contributed by atoms with Gasteiger partial charge in [-0.05, 0) is 5.56 Å². The number of hydrogen-bond acceptors (Lipinski definition) is 7. The zero-order valence-corrected chi connectivity index (χ0v) is 16.8. The molecule has 1 saturated heterocycles. The van der Waals surface area contributed by atoms with E-state index in [1.807, 2.05) is 0 Å². The van der Waals surface area contributed by atoms with E-state index in [4.69, 9.17) is 10.5 Å². The maximum Gasteiger partial charge on any atom is 0.352 e. The minimum atomic E-state index is -1.29. The monoisotopic (exact) mass is 441 g/mol. The Hall–Kier alpha value is -2.93. The lowest BCUT2D eigenvalue weighted by Crippen LogP contribution is -2.71. The van der Waals surface area contributed by atoms with Gasteiger partial charge < -0.3 is 31.8 Å². The van der Waals surface area contributed by atoms with Crippen LogP contribution in [0.3, 0.4) is 0 Å². The number of esters is 1. The lowest BCUT2D eigenvalue weighted by Gasteiger charge is -2.49. The molecule has 2 aliphatic heterocycles. The second-order valence-corrected chi connectivity index (χ2v) is 7.43. The molecule has 30 heavy (non-hydrogen) atoms. The number of rotatable bonds is 6. The lowest BCUT2D eigenvalue weighted by atomic mass is 10.0. The second-order valence-electron chi connectivity index (χ2n) is 6.32. The molecule has 11 nitrogen and oxygen atoms in total. The summed E-state index contributed by atoms with van der Waals surface area (Å²) in [6.45, 7) is 1.02. The summed E-state index contributed by atoms with van der Waals surface area (Å²) in [5.74, 6) is -2.62. The van der Waals surface area contributed by atoms with E-state index >= 15 is 0 Å². The number of carbonyl (C=O) groups excluding carboxylic acids is 3. The fraction of sp³-hybridized carbons (Fsp3) is 0.333. The van der Waals surface area contributed by atoms with Crippen LogP contribution in [0.2, 0.25) is 0 Å². The molecule has 1 aromatic carbocycles. The summed E-state index contributed by atoms with van der Waals surface area (Å²) < 4.78 is 4.88. The third-order valence-electron chi connectivity index (χ3n) is 4.44. The number of β-lactam (4-membered cyclic amide) rings is 1. The number of ether oxygens (including phenoxy) is 1. The van der Waals surface area contributed by atoms with Gasteiger partial charge in [0.1, 0.15) is 29.8 Å². The van der Waals surface area contributed by atoms with Crippen LogP contribution in [0.4, 0.5) is 0 Å². The van der Waals surface area contributed by atoms with Gasteiger partial charge in [0.05, 0.1) is 0 Å². The van der Waals surface area contributed by atoms with Gasteiger partial charge >= 0.3 is 11.9 Å². The van der Waals surface area contributed by atoms with E-state index in [-0.39, 0.29) is 29.0 Å². The van der Waals surface area contributed by atoms with Crippen LogP contribution in [0.1, 0.15) is 18.5 Å². The fourth-order valence-electron chi connectivity index (χ4n) is 3.04. The van der Waals surface area contributed by atoms with Gasteiger partial charge in [0.2, 0.25) is 5.91 Å². The predicted molar refractivity (Wildman–Crippen MR) is 107 cm³/mol. The van der Waals surface area contributed by atoms with Gasteiger partial charge in [-0.25, -0.2) is 4.79 Å². The van der Waals surface area contributed by atoms with Crippen LogP contribution in [0.15, 0.2) is 41.6 Å². The van der Waals surface area contributed by atoms with Crippen molar-refractivity contribution in [1.82, 2.24) is 10.2 Å². The van der Waals surface area contributed by atoms with Crippen LogP contribution in [-0.2, 0) is 23.9 Å². The first kappa shape index (κ1) is 25.1. The third kappa shape index (κ3) is 4.79. The van der Waals surface area contributed by atoms with Crippen molar-refractivity contribution < 1.29 is 40.0 Å². The Kier molecular flexibility index (Phi) is 8.54. The maximum atomic E-state index is 12.5. The highest BCUT2D eigenvalue weighted by Gasteiger charge is 2.54. The molecule has 1 fully saturated rings. The molecule has 2 heterocycles. The summed E-state index contributed by atoms with van der Waals surface area (Å²) in [5.41, 5.74) is 6.69. The molecule has 8 N–H and O–H groups in total. The van der Waals surface area contributed by atoms with E-state index in [1.165, 1.54) is 18.7 Å². The van der Waals surface area contributed by atoms with Gasteiger partial charge in [-0.1, -0.05) is 30.3 Å². The zero-order chi connectivity index (χ0) is 20.4. The van der Waals surface area contributed by atoms with Crippen molar-refractivity contribution in [2.45, 2.75) is 24.4 Å². The highest BCUT2D eigenvalue weighted by atomic mass is 32.2. The van der Waals surface area contributed by atoms with Gasteiger partial charge in [0, 0.05) is 18.2 Å². The molecule has 3 rings (SSSR count). The van der Waals surface area contributed by atoms with Crippen LogP contribution in [0, 0.1) is 0 Å². The van der Waals surface area contributed by atoms with Crippen molar-refractivity contribution >= 4 is 35.5 Å². The molecule has 2 amide bonds. The van der Waals surface area contributed by atoms with Crippen molar-refractivity contribution in [3.8, 4) is 0 Å². The predicted octanol–water partition coefficient (Wildman–Crippen LogP) is -1.66. The van der Waals surface area contributed by atoms with E-state index < -0.39 is 41.2 Å². The molecular formula is C18H23N3O8S. The van der Waals surface area contributed by atoms with Gasteiger partial charge in [-0.15, -0.1) is 11.8 Å². The summed E-state index contributed by atoms with van der Waals surface area (Å²) in [5, 5.41) is 11.6. The molecule has 0 radical (unpaired) electrons. The molecule has 0 bridgehead atoms. The summed E-state index contributed by atoms with van der Waals surface area (Å²) in [7, 11) is 0. The van der Waals surface area contributed by atoms with E-state index in [0.717, 1.165) is 4.90 Å². The largest absolute Gasteiger partial charge is 0.477 e. The molecule has 0 saturated carbocycles. The third-order valence-corrected chi connectivity index (χ3v) is 5.78. The zero-order valence-electron chi connectivity index (χ0n) is 16.0. The number of thioether (sulfide) groups is 1. The molecule has 2 aliphatic rings. The molecule has 1 unspecified atom stereocenters. The Morgan fingerprint density at radius 2 is 1.93 bits per heavy atom. The molecule has 0 spiro atoms. The number of nitrogens with one attached hydrogen (secondary N) is 1. The normalized spacial score (nSPS) is 20.6. The smallest absolute Gasteiger partial charge is 0.352 e. The number of carboxylic acids is 1. The molecule has 1 aromatic rings. The lowest BCUT2D eigenvalue weighted by molar-refractivity contribution is -0.151. The van der Waals surface area contributed by atoms with Gasteiger partial charge in [0.15, 0.2) is 0 Å². The molecule has 12 heteroatoms. The van der Waals surface area contributed by atoms with E-state index in [2.05, 4.69) is 5.32 Å². The Bertz CT molecular complexity index is 860. The van der Waals surface area contributed by atoms with Crippen LogP contribution < -0.4 is 11.1 Å². The summed E-state index contributed by atoms with van der Waals surface area (Å²) in [6.07, 6.45) is 0. The standard InChI is InChI=1S/C18H19N3O6S.2H2O/c1-9(22)27-7-11-8-28-17-13(16(24)21(17)14(11)18(25)26)20-15(23)12(19)10-5-3-2-4-6-10;;/h2-6,12-13,17H,7-8,19H2,1H3,(H,20,23)(H,25,26);2*1H2/t12?,13-,17-;;/m1../s1. The Balaban J connectivity index is 0.00000225. The van der Waals surface area contributed by atoms with Gasteiger partial charge in [0.25, 0.3) is 5.91 Å². The Labute approximate surface area is 175 Å². The van der Waals surface area contributed by atoms with Crippen LogP contribution in [0.5, 0.6) is 0 Å². The fourth-order valence-corrected chi connectivity index (χ4v) is 4.37. The topological polar surface area (TPSA) is 202 Å². The first-order valence-electron chi connectivity index (χ1n) is 8.45. The van der Waals surface area contributed by atoms with Gasteiger partial charge in [-0.2, -0.15) is 0 Å². The van der Waals surface area contributed by atoms with Crippen LogP contribution in [-0.4, -0.2) is 68.5 Å². The number of nitrogens with zero attached hydrogens (tertiary/aromatic N) is 1. The number of hydrogen-bond donors (Lipinski definition) is 3. The quantitative estimate of drug-likeness (QED) is 0.343. The Morgan fingerprint density at radius 1 is 1.30 bits per heavy atom. The van der Waals surface area contributed by atoms with Crippen LogP contribution >= 0.6 is 11.8 Å². The first-order valence-corrected chi connectivity index (χ1v) is 9.50. The second kappa shape index (κ2) is 10.2. The van der Waals surface area contributed by atoms with Crippen LogP contribution in [0.25, 0.3) is 0 Å². The summed E-state index contributed by atoms with van der Waals surface area (Å²) in [4.78, 5) is 48.7. The minimum absolute atomic E-state index is 0. The highest BCUT2D eigenvalue weighted by Crippen LogP contribution is 2.40. The average molecular weight is 441 g/mol. The van der Waals surface area contributed by atoms with Crippen molar-refractivity contribution in [3.63, 3.8) is 0 Å². The van der Waals surface area contributed by atoms with E-state index in [0.29, 0.717) is 11.1 Å². The molecule has 164 valence electrons. The number of fused-ring (bicyclic) bond motifs is 1. The van der Waals surface area contributed by atoms with Gasteiger partial charge in [-0.3, -0.25) is 19.3 Å².